The first-order chi connectivity index (χ1) is 7.04. The van der Waals surface area contributed by atoms with E-state index in [1.54, 1.807) is 11.4 Å². The first-order valence-corrected chi connectivity index (χ1v) is 7.33. The Kier molecular flexibility index (Phi) is 5.02. The summed E-state index contributed by atoms with van der Waals surface area (Å²) >= 11 is 0. The van der Waals surface area contributed by atoms with Crippen LogP contribution in [0.25, 0.3) is 0 Å². The molecular weight excluding hydrogens is 214 g/mol. The van der Waals surface area contributed by atoms with E-state index in [4.69, 9.17) is 4.74 Å². The Balaban J connectivity index is 2.24. The van der Waals surface area contributed by atoms with Crippen molar-refractivity contribution >= 4 is 10.0 Å². The minimum absolute atomic E-state index is 0.679. The third kappa shape index (κ3) is 4.49. The van der Waals surface area contributed by atoms with Gasteiger partial charge in [0.15, 0.2) is 0 Å². The van der Waals surface area contributed by atoms with Gasteiger partial charge in [0, 0.05) is 26.8 Å². The smallest absolute Gasteiger partial charge is 0.211 e. The molecule has 0 unspecified atom stereocenters. The molecule has 1 aliphatic rings. The summed E-state index contributed by atoms with van der Waals surface area (Å²) in [5.41, 5.74) is 0. The van der Waals surface area contributed by atoms with E-state index in [-0.39, 0.29) is 0 Å². The third-order valence-electron chi connectivity index (χ3n) is 3.00. The lowest BCUT2D eigenvalue weighted by Gasteiger charge is -2.30. The van der Waals surface area contributed by atoms with E-state index in [2.05, 4.69) is 0 Å². The molecule has 1 rings (SSSR count). The number of ether oxygens (including phenoxy) is 1. The Bertz CT molecular complexity index is 268. The molecule has 0 amide bonds. The summed E-state index contributed by atoms with van der Waals surface area (Å²) in [5.74, 6) is 0.679. The van der Waals surface area contributed by atoms with Gasteiger partial charge in [0.1, 0.15) is 0 Å². The number of hydrogen-bond donors (Lipinski definition) is 0. The largest absolute Gasteiger partial charge is 0.385 e. The molecule has 1 heterocycles. The maximum Gasteiger partial charge on any atom is 0.211 e. The minimum Gasteiger partial charge on any atom is -0.385 e. The van der Waals surface area contributed by atoms with E-state index in [9.17, 15) is 8.42 Å². The molecule has 15 heavy (non-hydrogen) atoms. The van der Waals surface area contributed by atoms with Crippen molar-refractivity contribution in [1.82, 2.24) is 4.31 Å². The first-order valence-electron chi connectivity index (χ1n) is 5.48. The van der Waals surface area contributed by atoms with Gasteiger partial charge < -0.3 is 4.74 Å². The quantitative estimate of drug-likeness (QED) is 0.670. The highest BCUT2D eigenvalue weighted by atomic mass is 32.2. The van der Waals surface area contributed by atoms with E-state index in [0.717, 1.165) is 32.3 Å². The summed E-state index contributed by atoms with van der Waals surface area (Å²) in [6, 6.07) is 0. The summed E-state index contributed by atoms with van der Waals surface area (Å²) in [6.07, 6.45) is 5.53. The lowest BCUT2D eigenvalue weighted by molar-refractivity contribution is 0.177. The van der Waals surface area contributed by atoms with E-state index >= 15 is 0 Å². The van der Waals surface area contributed by atoms with Crippen molar-refractivity contribution in [2.75, 3.05) is 33.1 Å². The van der Waals surface area contributed by atoms with Crippen molar-refractivity contribution in [2.24, 2.45) is 5.92 Å². The van der Waals surface area contributed by atoms with Gasteiger partial charge in [-0.25, -0.2) is 12.7 Å². The molecule has 1 saturated heterocycles. The van der Waals surface area contributed by atoms with Gasteiger partial charge >= 0.3 is 0 Å². The van der Waals surface area contributed by atoms with Crippen molar-refractivity contribution in [3.05, 3.63) is 0 Å². The summed E-state index contributed by atoms with van der Waals surface area (Å²) in [4.78, 5) is 0. The SMILES string of the molecule is COCCCC1CCN(S(C)(=O)=O)CC1. The van der Waals surface area contributed by atoms with Crippen molar-refractivity contribution < 1.29 is 13.2 Å². The second-order valence-electron chi connectivity index (χ2n) is 4.24. The van der Waals surface area contributed by atoms with Gasteiger partial charge in [-0.1, -0.05) is 0 Å². The molecule has 4 nitrogen and oxygen atoms in total. The Labute approximate surface area is 92.7 Å². The van der Waals surface area contributed by atoms with Crippen LogP contribution >= 0.6 is 0 Å². The molecule has 1 aliphatic heterocycles. The molecule has 0 atom stereocenters. The number of sulfonamides is 1. The summed E-state index contributed by atoms with van der Waals surface area (Å²) in [5, 5.41) is 0. The fraction of sp³-hybridized carbons (Fsp3) is 1.00. The Hall–Kier alpha value is -0.130. The number of piperidine rings is 1. The first kappa shape index (κ1) is 12.9. The lowest BCUT2D eigenvalue weighted by atomic mass is 9.93. The van der Waals surface area contributed by atoms with Gasteiger partial charge in [-0.05, 0) is 31.6 Å². The van der Waals surface area contributed by atoms with Crippen LogP contribution in [0.3, 0.4) is 0 Å². The molecule has 90 valence electrons. The number of nitrogens with zero attached hydrogens (tertiary/aromatic N) is 1. The zero-order chi connectivity index (χ0) is 11.3. The van der Waals surface area contributed by atoms with Gasteiger partial charge in [-0.15, -0.1) is 0 Å². The molecule has 0 aromatic carbocycles. The van der Waals surface area contributed by atoms with Crippen LogP contribution < -0.4 is 0 Å². The Morgan fingerprint density at radius 1 is 1.33 bits per heavy atom. The number of methoxy groups -OCH3 is 1. The zero-order valence-corrected chi connectivity index (χ0v) is 10.4. The van der Waals surface area contributed by atoms with Gasteiger partial charge in [-0.3, -0.25) is 0 Å². The van der Waals surface area contributed by atoms with E-state index in [0.29, 0.717) is 19.0 Å². The Morgan fingerprint density at radius 3 is 2.40 bits per heavy atom. The summed E-state index contributed by atoms with van der Waals surface area (Å²) in [6.45, 7) is 2.19. The standard InChI is InChI=1S/C10H21NO3S/c1-14-9-3-4-10-5-7-11(8-6-10)15(2,12)13/h10H,3-9H2,1-2H3. The van der Waals surface area contributed by atoms with Crippen LogP contribution in [0, 0.1) is 5.92 Å². The number of hydrogen-bond acceptors (Lipinski definition) is 3. The maximum atomic E-state index is 11.3. The van der Waals surface area contributed by atoms with Gasteiger partial charge in [0.05, 0.1) is 6.26 Å². The Morgan fingerprint density at radius 2 is 1.93 bits per heavy atom. The second-order valence-corrected chi connectivity index (χ2v) is 6.22. The molecule has 0 bridgehead atoms. The van der Waals surface area contributed by atoms with Crippen LogP contribution in [0.2, 0.25) is 0 Å². The second kappa shape index (κ2) is 5.82. The van der Waals surface area contributed by atoms with Crippen molar-refractivity contribution in [3.63, 3.8) is 0 Å². The van der Waals surface area contributed by atoms with E-state index < -0.39 is 10.0 Å². The lowest BCUT2D eigenvalue weighted by Crippen LogP contribution is -2.37. The zero-order valence-electron chi connectivity index (χ0n) is 9.61. The molecular formula is C10H21NO3S. The van der Waals surface area contributed by atoms with Crippen LogP contribution in [0.5, 0.6) is 0 Å². The fourth-order valence-corrected chi connectivity index (χ4v) is 2.92. The minimum atomic E-state index is -2.97. The normalized spacial score (nSPS) is 20.7. The topological polar surface area (TPSA) is 46.6 Å². The molecule has 5 heteroatoms. The molecule has 0 N–H and O–H groups in total. The average Bonchev–Trinajstić information content (AvgIpc) is 2.18. The highest BCUT2D eigenvalue weighted by molar-refractivity contribution is 7.88. The molecule has 0 aromatic heterocycles. The molecule has 0 spiro atoms. The molecule has 0 saturated carbocycles. The predicted molar refractivity (Wildman–Crippen MR) is 60.3 cm³/mol. The van der Waals surface area contributed by atoms with Gasteiger partial charge in [-0.2, -0.15) is 0 Å². The van der Waals surface area contributed by atoms with E-state index in [1.807, 2.05) is 0 Å². The third-order valence-corrected chi connectivity index (χ3v) is 4.31. The van der Waals surface area contributed by atoms with Crippen LogP contribution in [0.15, 0.2) is 0 Å². The predicted octanol–water partition coefficient (Wildman–Crippen LogP) is 1.08. The fourth-order valence-electron chi connectivity index (χ4n) is 2.05. The van der Waals surface area contributed by atoms with Crippen LogP contribution in [-0.4, -0.2) is 45.8 Å². The molecule has 0 aromatic rings. The van der Waals surface area contributed by atoms with Gasteiger partial charge in [0.25, 0.3) is 0 Å². The highest BCUT2D eigenvalue weighted by Gasteiger charge is 2.24. The van der Waals surface area contributed by atoms with Crippen molar-refractivity contribution in [2.45, 2.75) is 25.7 Å². The summed E-state index contributed by atoms with van der Waals surface area (Å²) in [7, 11) is -1.25. The summed E-state index contributed by atoms with van der Waals surface area (Å²) < 4.78 is 29.1. The average molecular weight is 235 g/mol. The highest BCUT2D eigenvalue weighted by Crippen LogP contribution is 2.22. The molecule has 0 radical (unpaired) electrons. The molecule has 1 fully saturated rings. The van der Waals surface area contributed by atoms with Crippen LogP contribution in [0.4, 0.5) is 0 Å². The van der Waals surface area contributed by atoms with Crippen molar-refractivity contribution in [1.29, 1.82) is 0 Å². The van der Waals surface area contributed by atoms with Crippen LogP contribution in [0.1, 0.15) is 25.7 Å². The van der Waals surface area contributed by atoms with Gasteiger partial charge in [0.2, 0.25) is 10.0 Å². The van der Waals surface area contributed by atoms with Crippen LogP contribution in [-0.2, 0) is 14.8 Å². The van der Waals surface area contributed by atoms with Crippen molar-refractivity contribution in [3.8, 4) is 0 Å². The molecule has 0 aliphatic carbocycles. The monoisotopic (exact) mass is 235 g/mol. The van der Waals surface area contributed by atoms with E-state index in [1.165, 1.54) is 6.26 Å². The maximum absolute atomic E-state index is 11.3. The number of rotatable bonds is 5.